The van der Waals surface area contributed by atoms with Crippen molar-refractivity contribution >= 4 is 0 Å². The third-order valence-electron chi connectivity index (χ3n) is 2.69. The molecule has 0 aliphatic heterocycles. The van der Waals surface area contributed by atoms with Crippen LogP contribution in [0.15, 0.2) is 36.5 Å². The molecule has 94 valence electrons. The first-order valence-corrected chi connectivity index (χ1v) is 5.64. The Hall–Kier alpha value is -1.98. The third kappa shape index (κ3) is 2.64. The van der Waals surface area contributed by atoms with Gasteiger partial charge in [0.05, 0.1) is 18.8 Å². The molecule has 0 saturated carbocycles. The molecule has 0 bridgehead atoms. The predicted octanol–water partition coefficient (Wildman–Crippen LogP) is 1.35. The molecule has 0 aliphatic carbocycles. The van der Waals surface area contributed by atoms with Crippen LogP contribution in [0.5, 0.6) is 5.75 Å². The van der Waals surface area contributed by atoms with Crippen molar-refractivity contribution in [2.75, 3.05) is 7.11 Å². The van der Waals surface area contributed by atoms with E-state index < -0.39 is 0 Å². The number of methoxy groups -OCH3 is 1. The zero-order valence-electron chi connectivity index (χ0n) is 10.4. The number of benzene rings is 1. The van der Waals surface area contributed by atoms with Gasteiger partial charge in [-0.2, -0.15) is 0 Å². The van der Waals surface area contributed by atoms with Crippen molar-refractivity contribution < 1.29 is 4.74 Å². The van der Waals surface area contributed by atoms with Gasteiger partial charge >= 0.3 is 0 Å². The number of aromatic nitrogens is 2. The van der Waals surface area contributed by atoms with Crippen molar-refractivity contribution in [1.29, 1.82) is 0 Å². The highest BCUT2D eigenvalue weighted by atomic mass is 16.5. The van der Waals surface area contributed by atoms with Gasteiger partial charge in [0.2, 0.25) is 0 Å². The molecule has 18 heavy (non-hydrogen) atoms. The first kappa shape index (κ1) is 12.5. The minimum atomic E-state index is -0.179. The molecule has 1 atom stereocenters. The summed E-state index contributed by atoms with van der Waals surface area (Å²) in [4.78, 5) is 8.46. The standard InChI is InChI=1S/C13H16N4O/c1-9-15-7-6-12(16-9)13(17-14)10-4-3-5-11(8-10)18-2/h3-8,13,17H,14H2,1-2H3. The van der Waals surface area contributed by atoms with E-state index in [2.05, 4.69) is 15.4 Å². The van der Waals surface area contributed by atoms with Crippen LogP contribution < -0.4 is 16.0 Å². The number of hydrogen-bond donors (Lipinski definition) is 2. The molecule has 3 N–H and O–H groups in total. The number of nitrogens with two attached hydrogens (primary N) is 1. The fourth-order valence-electron chi connectivity index (χ4n) is 1.81. The van der Waals surface area contributed by atoms with Crippen LogP contribution in [0.25, 0.3) is 0 Å². The summed E-state index contributed by atoms with van der Waals surface area (Å²) in [6.07, 6.45) is 1.72. The summed E-state index contributed by atoms with van der Waals surface area (Å²) in [5.74, 6) is 7.14. The maximum Gasteiger partial charge on any atom is 0.125 e. The van der Waals surface area contributed by atoms with Crippen LogP contribution >= 0.6 is 0 Å². The van der Waals surface area contributed by atoms with Gasteiger partial charge in [-0.05, 0) is 30.7 Å². The summed E-state index contributed by atoms with van der Waals surface area (Å²) < 4.78 is 5.21. The highest BCUT2D eigenvalue weighted by molar-refractivity contribution is 5.34. The Bertz CT molecular complexity index is 530. The molecule has 0 fully saturated rings. The smallest absolute Gasteiger partial charge is 0.125 e. The lowest BCUT2D eigenvalue weighted by molar-refractivity contribution is 0.413. The van der Waals surface area contributed by atoms with Crippen molar-refractivity contribution in [2.24, 2.45) is 5.84 Å². The Morgan fingerprint density at radius 1 is 1.33 bits per heavy atom. The number of hydrogen-bond acceptors (Lipinski definition) is 5. The topological polar surface area (TPSA) is 73.1 Å². The van der Waals surface area contributed by atoms with Crippen molar-refractivity contribution in [3.63, 3.8) is 0 Å². The molecule has 0 radical (unpaired) electrons. The van der Waals surface area contributed by atoms with Gasteiger partial charge in [0, 0.05) is 6.20 Å². The van der Waals surface area contributed by atoms with E-state index in [1.165, 1.54) is 0 Å². The van der Waals surface area contributed by atoms with E-state index in [9.17, 15) is 0 Å². The van der Waals surface area contributed by atoms with Crippen molar-refractivity contribution in [3.05, 3.63) is 53.6 Å². The van der Waals surface area contributed by atoms with Crippen LogP contribution in [0.1, 0.15) is 23.1 Å². The zero-order valence-corrected chi connectivity index (χ0v) is 10.4. The van der Waals surface area contributed by atoms with Crippen LogP contribution in [0.4, 0.5) is 0 Å². The summed E-state index contributed by atoms with van der Waals surface area (Å²) in [6.45, 7) is 1.85. The summed E-state index contributed by atoms with van der Waals surface area (Å²) in [6, 6.07) is 9.39. The van der Waals surface area contributed by atoms with Gasteiger partial charge in [-0.15, -0.1) is 0 Å². The van der Waals surface area contributed by atoms with E-state index in [4.69, 9.17) is 10.6 Å². The molecule has 2 rings (SSSR count). The largest absolute Gasteiger partial charge is 0.497 e. The van der Waals surface area contributed by atoms with E-state index in [0.717, 1.165) is 22.8 Å². The predicted molar refractivity (Wildman–Crippen MR) is 68.9 cm³/mol. The van der Waals surface area contributed by atoms with Gasteiger partial charge in [0.15, 0.2) is 0 Å². The lowest BCUT2D eigenvalue weighted by Gasteiger charge is -2.16. The van der Waals surface area contributed by atoms with Gasteiger partial charge in [-0.3, -0.25) is 5.84 Å². The van der Waals surface area contributed by atoms with E-state index in [1.54, 1.807) is 13.3 Å². The molecule has 1 aromatic carbocycles. The van der Waals surface area contributed by atoms with Crippen LogP contribution in [0.2, 0.25) is 0 Å². The molecule has 1 aromatic heterocycles. The molecule has 1 heterocycles. The number of hydrazine groups is 1. The highest BCUT2D eigenvalue weighted by Crippen LogP contribution is 2.23. The maximum absolute atomic E-state index is 5.63. The molecule has 5 heteroatoms. The summed E-state index contributed by atoms with van der Waals surface area (Å²) in [7, 11) is 1.64. The normalized spacial score (nSPS) is 12.2. The van der Waals surface area contributed by atoms with Crippen LogP contribution in [-0.2, 0) is 0 Å². The van der Waals surface area contributed by atoms with E-state index in [-0.39, 0.29) is 6.04 Å². The minimum Gasteiger partial charge on any atom is -0.497 e. The second kappa shape index (κ2) is 5.57. The molecule has 0 amide bonds. The molecule has 1 unspecified atom stereocenters. The number of rotatable bonds is 4. The van der Waals surface area contributed by atoms with E-state index >= 15 is 0 Å². The lowest BCUT2D eigenvalue weighted by atomic mass is 10.0. The second-order valence-electron chi connectivity index (χ2n) is 3.91. The Labute approximate surface area is 106 Å². The summed E-state index contributed by atoms with van der Waals surface area (Å²) in [5, 5.41) is 0. The molecular formula is C13H16N4O. The molecule has 0 aliphatic rings. The van der Waals surface area contributed by atoms with Crippen LogP contribution in [0, 0.1) is 6.92 Å². The van der Waals surface area contributed by atoms with Gasteiger partial charge in [-0.25, -0.2) is 15.4 Å². The van der Waals surface area contributed by atoms with Crippen molar-refractivity contribution in [2.45, 2.75) is 13.0 Å². The molecule has 0 spiro atoms. The molecule has 2 aromatic rings. The Morgan fingerprint density at radius 3 is 2.83 bits per heavy atom. The van der Waals surface area contributed by atoms with Crippen LogP contribution in [0.3, 0.4) is 0 Å². The third-order valence-corrected chi connectivity index (χ3v) is 2.69. The zero-order chi connectivity index (χ0) is 13.0. The minimum absolute atomic E-state index is 0.179. The monoisotopic (exact) mass is 244 g/mol. The lowest BCUT2D eigenvalue weighted by Crippen LogP contribution is -2.29. The number of nitrogens with one attached hydrogen (secondary N) is 1. The van der Waals surface area contributed by atoms with Gasteiger partial charge < -0.3 is 4.74 Å². The fourth-order valence-corrected chi connectivity index (χ4v) is 1.81. The highest BCUT2D eigenvalue weighted by Gasteiger charge is 2.14. The quantitative estimate of drug-likeness (QED) is 0.627. The Kier molecular flexibility index (Phi) is 3.86. The van der Waals surface area contributed by atoms with Crippen molar-refractivity contribution in [3.8, 4) is 5.75 Å². The molecular weight excluding hydrogens is 228 g/mol. The van der Waals surface area contributed by atoms with Crippen molar-refractivity contribution in [1.82, 2.24) is 15.4 Å². The van der Waals surface area contributed by atoms with Gasteiger partial charge in [-0.1, -0.05) is 12.1 Å². The number of nitrogens with zero attached hydrogens (tertiary/aromatic N) is 2. The summed E-state index contributed by atoms with van der Waals surface area (Å²) >= 11 is 0. The van der Waals surface area contributed by atoms with Gasteiger partial charge in [0.1, 0.15) is 11.6 Å². The Morgan fingerprint density at radius 2 is 2.17 bits per heavy atom. The van der Waals surface area contributed by atoms with Gasteiger partial charge in [0.25, 0.3) is 0 Å². The first-order valence-electron chi connectivity index (χ1n) is 5.64. The molecule has 5 nitrogen and oxygen atoms in total. The average Bonchev–Trinajstić information content (AvgIpc) is 2.40. The van der Waals surface area contributed by atoms with Crippen LogP contribution in [-0.4, -0.2) is 17.1 Å². The average molecular weight is 244 g/mol. The fraction of sp³-hybridized carbons (Fsp3) is 0.231. The Balaban J connectivity index is 2.38. The van der Waals surface area contributed by atoms with E-state index in [0.29, 0.717) is 0 Å². The first-order chi connectivity index (χ1) is 8.74. The van der Waals surface area contributed by atoms with E-state index in [1.807, 2.05) is 37.3 Å². The second-order valence-corrected chi connectivity index (χ2v) is 3.91. The molecule has 0 saturated heterocycles. The number of ether oxygens (including phenoxy) is 1. The summed E-state index contributed by atoms with van der Waals surface area (Å²) in [5.41, 5.74) is 4.59. The SMILES string of the molecule is COc1cccc(C(NN)c2ccnc(C)n2)c1. The maximum atomic E-state index is 5.63. The number of aryl methyl sites for hydroxylation is 1.